The number of sulfone groups is 1. The summed E-state index contributed by atoms with van der Waals surface area (Å²) in [6.45, 7) is 0. The van der Waals surface area contributed by atoms with Gasteiger partial charge >= 0.3 is 6.18 Å². The number of alkyl halides is 3. The van der Waals surface area contributed by atoms with E-state index >= 15 is 0 Å². The standard InChI is InChI=1S/C25H33F3N4O2S/c1-35(33,34)22-20(25(26,27)28)10-9-19(21(22)23-29-31-32-30-23)18-7-5-16(6-8-18)13-17-14-24(15-17)11-3-2-4-12-24/h9-10,16-18H,2-8,11-15H2,1H3,(H,29,30,31,32). The number of hydrogen-bond acceptors (Lipinski definition) is 5. The molecule has 0 saturated heterocycles. The predicted octanol–water partition coefficient (Wildman–Crippen LogP) is 6.31. The average Bonchev–Trinajstić information content (AvgIpc) is 3.32. The molecule has 0 atom stereocenters. The number of nitrogens with zero attached hydrogens (tertiary/aromatic N) is 3. The summed E-state index contributed by atoms with van der Waals surface area (Å²) < 4.78 is 66.6. The lowest BCUT2D eigenvalue weighted by atomic mass is 9.54. The van der Waals surface area contributed by atoms with Crippen LogP contribution in [0.4, 0.5) is 13.2 Å². The van der Waals surface area contributed by atoms with E-state index in [1.807, 2.05) is 0 Å². The first-order valence-corrected chi connectivity index (χ1v) is 14.6. The molecule has 5 rings (SSSR count). The quantitative estimate of drug-likeness (QED) is 0.509. The summed E-state index contributed by atoms with van der Waals surface area (Å²) >= 11 is 0. The number of aromatic nitrogens is 4. The van der Waals surface area contributed by atoms with Gasteiger partial charge in [0.15, 0.2) is 9.84 Å². The van der Waals surface area contributed by atoms with E-state index in [4.69, 9.17) is 0 Å². The van der Waals surface area contributed by atoms with Crippen LogP contribution in [-0.2, 0) is 16.0 Å². The van der Waals surface area contributed by atoms with E-state index in [0.29, 0.717) is 16.9 Å². The summed E-state index contributed by atoms with van der Waals surface area (Å²) in [6.07, 6.45) is 10.6. The molecule has 1 spiro atoms. The first-order valence-electron chi connectivity index (χ1n) is 12.7. The minimum atomic E-state index is -4.81. The third kappa shape index (κ3) is 5.00. The Balaban J connectivity index is 1.35. The van der Waals surface area contributed by atoms with Crippen LogP contribution < -0.4 is 0 Å². The minimum absolute atomic E-state index is 0.0337. The molecule has 3 fully saturated rings. The number of halogens is 3. The summed E-state index contributed by atoms with van der Waals surface area (Å²) in [5, 5.41) is 13.5. The van der Waals surface area contributed by atoms with Crippen LogP contribution in [0.5, 0.6) is 0 Å². The van der Waals surface area contributed by atoms with Crippen molar-refractivity contribution in [2.45, 2.75) is 94.0 Å². The predicted molar refractivity (Wildman–Crippen MR) is 125 cm³/mol. The highest BCUT2D eigenvalue weighted by molar-refractivity contribution is 7.91. The maximum Gasteiger partial charge on any atom is 0.417 e. The van der Waals surface area contributed by atoms with Gasteiger partial charge < -0.3 is 0 Å². The Morgan fingerprint density at radius 2 is 1.71 bits per heavy atom. The Bertz CT molecular complexity index is 1140. The topological polar surface area (TPSA) is 88.6 Å². The summed E-state index contributed by atoms with van der Waals surface area (Å²) in [5.74, 6) is 1.30. The van der Waals surface area contributed by atoms with E-state index in [1.165, 1.54) is 57.4 Å². The van der Waals surface area contributed by atoms with Crippen molar-refractivity contribution in [1.29, 1.82) is 0 Å². The third-order valence-corrected chi connectivity index (χ3v) is 9.91. The van der Waals surface area contributed by atoms with Gasteiger partial charge in [-0.15, -0.1) is 10.2 Å². The normalized spacial score (nSPS) is 25.5. The fourth-order valence-electron chi connectivity index (χ4n) is 7.27. The summed E-state index contributed by atoms with van der Waals surface area (Å²) in [4.78, 5) is -0.752. The Morgan fingerprint density at radius 1 is 1.03 bits per heavy atom. The molecule has 0 unspecified atom stereocenters. The molecule has 1 aromatic heterocycles. The van der Waals surface area contributed by atoms with Gasteiger partial charge in [0.25, 0.3) is 0 Å². The molecule has 1 aromatic carbocycles. The van der Waals surface area contributed by atoms with Crippen molar-refractivity contribution >= 4 is 9.84 Å². The zero-order valence-corrected chi connectivity index (χ0v) is 20.9. The maximum atomic E-state index is 13.8. The van der Waals surface area contributed by atoms with Gasteiger partial charge in [-0.05, 0) is 97.8 Å². The molecule has 3 aliphatic carbocycles. The summed E-state index contributed by atoms with van der Waals surface area (Å²) in [5.41, 5.74) is -0.0401. The minimum Gasteiger partial charge on any atom is -0.224 e. The largest absolute Gasteiger partial charge is 0.417 e. The van der Waals surface area contributed by atoms with Crippen LogP contribution in [0.2, 0.25) is 0 Å². The molecule has 1 N–H and O–H groups in total. The van der Waals surface area contributed by atoms with Crippen molar-refractivity contribution in [1.82, 2.24) is 20.6 Å². The smallest absolute Gasteiger partial charge is 0.224 e. The van der Waals surface area contributed by atoms with Gasteiger partial charge in [-0.3, -0.25) is 0 Å². The molecule has 3 saturated carbocycles. The van der Waals surface area contributed by atoms with Crippen molar-refractivity contribution < 1.29 is 21.6 Å². The number of nitrogens with one attached hydrogen (secondary N) is 1. The number of aromatic amines is 1. The first kappa shape index (κ1) is 24.7. The van der Waals surface area contributed by atoms with Gasteiger partial charge in [0.05, 0.1) is 10.5 Å². The van der Waals surface area contributed by atoms with Gasteiger partial charge in [0.1, 0.15) is 0 Å². The van der Waals surface area contributed by atoms with E-state index < -0.39 is 26.5 Å². The van der Waals surface area contributed by atoms with Crippen LogP contribution in [-0.4, -0.2) is 35.3 Å². The SMILES string of the molecule is CS(=O)(=O)c1c(C(F)(F)F)ccc(C2CCC(CC3CC4(CCCCC4)C3)CC2)c1-c1nn[nH]n1. The second kappa shape index (κ2) is 9.16. The van der Waals surface area contributed by atoms with Crippen LogP contribution in [0.25, 0.3) is 11.4 Å². The van der Waals surface area contributed by atoms with Gasteiger partial charge in [0.2, 0.25) is 5.82 Å². The van der Waals surface area contributed by atoms with Gasteiger partial charge in [0, 0.05) is 11.8 Å². The number of rotatable bonds is 5. The zero-order valence-electron chi connectivity index (χ0n) is 20.1. The molecule has 192 valence electrons. The number of tetrazole rings is 1. The van der Waals surface area contributed by atoms with Crippen molar-refractivity contribution in [2.24, 2.45) is 17.3 Å². The van der Waals surface area contributed by atoms with Crippen molar-refractivity contribution in [3.63, 3.8) is 0 Å². The molecule has 35 heavy (non-hydrogen) atoms. The van der Waals surface area contributed by atoms with Crippen LogP contribution in [0.1, 0.15) is 94.1 Å². The fraction of sp³-hybridized carbons (Fsp3) is 0.720. The lowest BCUT2D eigenvalue weighted by Crippen LogP contribution is -2.39. The highest BCUT2D eigenvalue weighted by Crippen LogP contribution is 2.57. The van der Waals surface area contributed by atoms with E-state index in [-0.39, 0.29) is 17.3 Å². The second-order valence-corrected chi connectivity index (χ2v) is 13.2. The van der Waals surface area contributed by atoms with Gasteiger partial charge in [-0.2, -0.15) is 18.4 Å². The molecular formula is C25H33F3N4O2S. The van der Waals surface area contributed by atoms with Crippen LogP contribution in [0, 0.1) is 17.3 Å². The number of hydrogen-bond donors (Lipinski definition) is 1. The zero-order chi connectivity index (χ0) is 24.8. The molecule has 1 heterocycles. The Labute approximate surface area is 204 Å². The fourth-order valence-corrected chi connectivity index (χ4v) is 8.43. The lowest BCUT2D eigenvalue weighted by Gasteiger charge is -2.51. The molecule has 0 bridgehead atoms. The monoisotopic (exact) mass is 510 g/mol. The van der Waals surface area contributed by atoms with E-state index in [2.05, 4.69) is 20.6 Å². The van der Waals surface area contributed by atoms with Crippen molar-refractivity contribution in [2.75, 3.05) is 6.26 Å². The maximum absolute atomic E-state index is 13.8. The molecule has 0 amide bonds. The summed E-state index contributed by atoms with van der Waals surface area (Å²) in [7, 11) is -4.21. The molecule has 0 radical (unpaired) electrons. The molecular weight excluding hydrogens is 477 g/mol. The Hall–Kier alpha value is -1.97. The second-order valence-electron chi connectivity index (χ2n) is 11.2. The summed E-state index contributed by atoms with van der Waals surface area (Å²) in [6, 6.07) is 2.33. The van der Waals surface area contributed by atoms with Crippen LogP contribution in [0.3, 0.4) is 0 Å². The molecule has 2 aromatic rings. The molecule has 3 aliphatic rings. The van der Waals surface area contributed by atoms with Gasteiger partial charge in [-0.1, -0.05) is 25.3 Å². The Morgan fingerprint density at radius 3 is 2.29 bits per heavy atom. The van der Waals surface area contributed by atoms with Gasteiger partial charge in [-0.25, -0.2) is 8.42 Å². The van der Waals surface area contributed by atoms with Crippen LogP contribution in [0.15, 0.2) is 17.0 Å². The highest BCUT2D eigenvalue weighted by Gasteiger charge is 2.45. The lowest BCUT2D eigenvalue weighted by molar-refractivity contribution is -0.139. The number of benzene rings is 1. The number of H-pyrrole nitrogens is 1. The first-order chi connectivity index (χ1) is 16.6. The molecule has 6 nitrogen and oxygen atoms in total. The third-order valence-electron chi connectivity index (χ3n) is 8.75. The Kier molecular flexibility index (Phi) is 6.47. The highest BCUT2D eigenvalue weighted by atomic mass is 32.2. The van der Waals surface area contributed by atoms with Crippen molar-refractivity contribution in [3.8, 4) is 11.4 Å². The van der Waals surface area contributed by atoms with Crippen LogP contribution >= 0.6 is 0 Å². The molecule has 0 aliphatic heterocycles. The van der Waals surface area contributed by atoms with Crippen molar-refractivity contribution in [3.05, 3.63) is 23.3 Å². The molecule has 10 heteroatoms. The van der Waals surface area contributed by atoms with E-state index in [1.54, 1.807) is 0 Å². The van der Waals surface area contributed by atoms with E-state index in [9.17, 15) is 21.6 Å². The average molecular weight is 511 g/mol. The van der Waals surface area contributed by atoms with E-state index in [0.717, 1.165) is 43.9 Å².